The minimum absolute atomic E-state index is 0.0994. The van der Waals surface area contributed by atoms with Gasteiger partial charge in [-0.3, -0.25) is 4.79 Å². The molecule has 0 aliphatic carbocycles. The molecule has 154 valence electrons. The zero-order valence-electron chi connectivity index (χ0n) is 17.3. The normalized spacial score (nSPS) is 18.7. The number of hydrogen-bond donors (Lipinski definition) is 3. The third-order valence-corrected chi connectivity index (χ3v) is 5.88. The van der Waals surface area contributed by atoms with E-state index in [0.29, 0.717) is 6.42 Å². The Labute approximate surface area is 181 Å². The fraction of sp³-hybridized carbons (Fsp3) is 0.154. The maximum Gasteiger partial charge on any atom is 0.258 e. The number of carbonyl (C=O) groups excluding carboxylic acids is 1. The number of nitrogens with zero attached hydrogens (tertiary/aromatic N) is 1. The van der Waals surface area contributed by atoms with E-state index >= 15 is 0 Å². The second-order valence-electron chi connectivity index (χ2n) is 8.01. The number of nitrogens with one attached hydrogen (secondary N) is 3. The number of hydrazine groups is 1. The molecule has 0 radical (unpaired) electrons. The van der Waals surface area contributed by atoms with Gasteiger partial charge < -0.3 is 0 Å². The second-order valence-corrected chi connectivity index (χ2v) is 8.01. The number of amides is 1. The Morgan fingerprint density at radius 3 is 2.26 bits per heavy atom. The molecule has 1 aliphatic rings. The van der Waals surface area contributed by atoms with Crippen LogP contribution < -0.4 is 16.3 Å². The molecule has 1 amide bonds. The molecule has 0 bridgehead atoms. The number of hydrazone groups is 1. The molecule has 1 aliphatic heterocycles. The molecule has 4 aromatic rings. The summed E-state index contributed by atoms with van der Waals surface area (Å²) in [4.78, 5) is 12.7. The van der Waals surface area contributed by atoms with E-state index < -0.39 is 0 Å². The first-order valence-corrected chi connectivity index (χ1v) is 10.5. The van der Waals surface area contributed by atoms with Crippen LogP contribution in [0.2, 0.25) is 0 Å². The zero-order chi connectivity index (χ0) is 21.2. The van der Waals surface area contributed by atoms with Crippen LogP contribution in [0.3, 0.4) is 0 Å². The van der Waals surface area contributed by atoms with Crippen LogP contribution in [0.25, 0.3) is 21.5 Å². The third-order valence-electron chi connectivity index (χ3n) is 5.88. The summed E-state index contributed by atoms with van der Waals surface area (Å²) in [6.45, 7) is 2.07. The standard InChI is InChI=1S/C26H24N4O/c1-17-10-12-18(13-11-17)24-15-25(29-28-24)26(31)30-27-16-23-21-8-4-2-6-19(21)14-20-7-3-5-9-22(20)23/h2-14,16,24-25,28-29H,15H2,1H3,(H,30,31)/b27-16+. The van der Waals surface area contributed by atoms with Crippen LogP contribution in [0.5, 0.6) is 0 Å². The number of hydrogen-bond acceptors (Lipinski definition) is 4. The van der Waals surface area contributed by atoms with Crippen LogP contribution in [0.1, 0.15) is 29.2 Å². The Morgan fingerprint density at radius 2 is 1.58 bits per heavy atom. The van der Waals surface area contributed by atoms with Crippen LogP contribution in [0.4, 0.5) is 0 Å². The van der Waals surface area contributed by atoms with Gasteiger partial charge in [0.1, 0.15) is 6.04 Å². The van der Waals surface area contributed by atoms with Crippen molar-refractivity contribution in [3.05, 3.63) is 95.6 Å². The highest BCUT2D eigenvalue weighted by molar-refractivity contribution is 6.13. The molecule has 1 saturated heterocycles. The van der Waals surface area contributed by atoms with Crippen molar-refractivity contribution < 1.29 is 4.79 Å². The molecule has 3 N–H and O–H groups in total. The third kappa shape index (κ3) is 3.93. The van der Waals surface area contributed by atoms with Crippen molar-refractivity contribution in [2.24, 2.45) is 5.10 Å². The largest absolute Gasteiger partial charge is 0.271 e. The van der Waals surface area contributed by atoms with Crippen LogP contribution in [0, 0.1) is 6.92 Å². The Morgan fingerprint density at radius 1 is 0.935 bits per heavy atom. The average Bonchev–Trinajstić information content (AvgIpc) is 3.29. The molecule has 2 atom stereocenters. The van der Waals surface area contributed by atoms with E-state index in [1.807, 2.05) is 24.3 Å². The predicted octanol–water partition coefficient (Wildman–Crippen LogP) is 4.36. The summed E-state index contributed by atoms with van der Waals surface area (Å²) < 4.78 is 0. The lowest BCUT2D eigenvalue weighted by molar-refractivity contribution is -0.122. The average molecular weight is 409 g/mol. The molecule has 2 unspecified atom stereocenters. The molecule has 4 aromatic carbocycles. The van der Waals surface area contributed by atoms with Crippen LogP contribution >= 0.6 is 0 Å². The van der Waals surface area contributed by atoms with Crippen molar-refractivity contribution >= 4 is 33.7 Å². The van der Waals surface area contributed by atoms with Gasteiger partial charge in [-0.1, -0.05) is 78.4 Å². The van der Waals surface area contributed by atoms with Crippen LogP contribution in [-0.4, -0.2) is 18.2 Å². The summed E-state index contributed by atoms with van der Waals surface area (Å²) in [5, 5.41) is 8.82. The van der Waals surface area contributed by atoms with Gasteiger partial charge in [0, 0.05) is 11.6 Å². The van der Waals surface area contributed by atoms with Crippen LogP contribution in [0.15, 0.2) is 84.0 Å². The summed E-state index contributed by atoms with van der Waals surface area (Å²) in [5.41, 5.74) is 12.4. The molecule has 0 aromatic heterocycles. The Balaban J connectivity index is 1.33. The molecule has 5 rings (SSSR count). The lowest BCUT2D eigenvalue weighted by atomic mass is 9.97. The first kappa shape index (κ1) is 19.4. The Kier molecular flexibility index (Phi) is 5.20. The molecule has 0 saturated carbocycles. The molecular formula is C26H24N4O. The molecule has 1 fully saturated rings. The molecule has 1 heterocycles. The Bertz CT molecular complexity index is 1230. The van der Waals surface area contributed by atoms with Crippen LogP contribution in [-0.2, 0) is 4.79 Å². The van der Waals surface area contributed by atoms with Gasteiger partial charge in [-0.15, -0.1) is 0 Å². The van der Waals surface area contributed by atoms with Crippen molar-refractivity contribution in [3.63, 3.8) is 0 Å². The van der Waals surface area contributed by atoms with E-state index in [0.717, 1.165) is 27.1 Å². The van der Waals surface area contributed by atoms with Gasteiger partial charge in [0.2, 0.25) is 0 Å². The van der Waals surface area contributed by atoms with E-state index in [-0.39, 0.29) is 18.0 Å². The maximum atomic E-state index is 12.7. The molecule has 5 heteroatoms. The highest BCUT2D eigenvalue weighted by atomic mass is 16.2. The van der Waals surface area contributed by atoms with E-state index in [2.05, 4.69) is 82.9 Å². The SMILES string of the molecule is Cc1ccc(C2CC(C(=O)N/N=C/c3c4ccccc4cc4ccccc34)NN2)cc1. The highest BCUT2D eigenvalue weighted by Crippen LogP contribution is 2.27. The lowest BCUT2D eigenvalue weighted by Gasteiger charge is -2.10. The molecule has 5 nitrogen and oxygen atoms in total. The van der Waals surface area contributed by atoms with Crippen molar-refractivity contribution in [3.8, 4) is 0 Å². The summed E-state index contributed by atoms with van der Waals surface area (Å²) in [7, 11) is 0. The second kappa shape index (κ2) is 8.30. The maximum absolute atomic E-state index is 12.7. The minimum atomic E-state index is -0.340. The quantitative estimate of drug-likeness (QED) is 0.267. The highest BCUT2D eigenvalue weighted by Gasteiger charge is 2.29. The predicted molar refractivity (Wildman–Crippen MR) is 126 cm³/mol. The van der Waals surface area contributed by atoms with Crippen molar-refractivity contribution in [2.75, 3.05) is 0 Å². The lowest BCUT2D eigenvalue weighted by Crippen LogP contribution is -2.41. The van der Waals surface area contributed by atoms with E-state index in [9.17, 15) is 4.79 Å². The summed E-state index contributed by atoms with van der Waals surface area (Å²) >= 11 is 0. The fourth-order valence-electron chi connectivity index (χ4n) is 4.17. The van der Waals surface area contributed by atoms with Crippen molar-refractivity contribution in [1.29, 1.82) is 0 Å². The number of benzene rings is 4. The number of rotatable bonds is 4. The monoisotopic (exact) mass is 408 g/mol. The van der Waals surface area contributed by atoms with E-state index in [1.54, 1.807) is 6.21 Å². The minimum Gasteiger partial charge on any atom is -0.271 e. The molecule has 31 heavy (non-hydrogen) atoms. The molecule has 0 spiro atoms. The topological polar surface area (TPSA) is 65.5 Å². The van der Waals surface area contributed by atoms with Gasteiger partial charge in [-0.2, -0.15) is 5.10 Å². The zero-order valence-corrected chi connectivity index (χ0v) is 17.3. The summed E-state index contributed by atoms with van der Waals surface area (Å²) in [6.07, 6.45) is 2.42. The first-order chi connectivity index (χ1) is 15.2. The first-order valence-electron chi connectivity index (χ1n) is 10.5. The van der Waals surface area contributed by atoms with E-state index in [4.69, 9.17) is 0 Å². The van der Waals surface area contributed by atoms with E-state index in [1.165, 1.54) is 11.1 Å². The number of carbonyl (C=O) groups is 1. The summed E-state index contributed by atoms with van der Waals surface area (Å²) in [6, 6.07) is 26.8. The number of aryl methyl sites for hydroxylation is 1. The van der Waals surface area contributed by atoms with Gasteiger partial charge in [0.25, 0.3) is 5.91 Å². The van der Waals surface area contributed by atoms with Gasteiger partial charge in [-0.25, -0.2) is 16.3 Å². The van der Waals surface area contributed by atoms with Crippen molar-refractivity contribution in [1.82, 2.24) is 16.3 Å². The van der Waals surface area contributed by atoms with Gasteiger partial charge in [-0.05, 0) is 46.5 Å². The molecular weight excluding hydrogens is 384 g/mol. The Hall–Kier alpha value is -3.54. The van der Waals surface area contributed by atoms with Gasteiger partial charge >= 0.3 is 0 Å². The van der Waals surface area contributed by atoms with Gasteiger partial charge in [0.05, 0.1) is 6.21 Å². The van der Waals surface area contributed by atoms with Gasteiger partial charge in [0.15, 0.2) is 0 Å². The summed E-state index contributed by atoms with van der Waals surface area (Å²) in [5.74, 6) is -0.150. The van der Waals surface area contributed by atoms with Crippen molar-refractivity contribution in [2.45, 2.75) is 25.4 Å². The fourth-order valence-corrected chi connectivity index (χ4v) is 4.17. The number of fused-ring (bicyclic) bond motifs is 2. The smallest absolute Gasteiger partial charge is 0.258 e.